The van der Waals surface area contributed by atoms with Gasteiger partial charge in [-0.05, 0) is 18.9 Å². The van der Waals surface area contributed by atoms with Crippen molar-refractivity contribution in [3.63, 3.8) is 0 Å². The average molecular weight is 168 g/mol. The summed E-state index contributed by atoms with van der Waals surface area (Å²) in [6.45, 7) is 2.19. The lowest BCUT2D eigenvalue weighted by Gasteiger charge is -2.19. The molecule has 4 nitrogen and oxygen atoms in total. The van der Waals surface area contributed by atoms with Crippen LogP contribution in [0.1, 0.15) is 32.6 Å². The van der Waals surface area contributed by atoms with Gasteiger partial charge in [-0.3, -0.25) is 5.43 Å². The number of hydrazine groups is 2. The van der Waals surface area contributed by atoms with Crippen LogP contribution in [0.2, 0.25) is 0 Å². The SMILES string of the molecule is CCCCCC1=CC=NN(N)N1. The zero-order chi connectivity index (χ0) is 8.81. The molecule has 1 aliphatic heterocycles. The van der Waals surface area contributed by atoms with E-state index in [2.05, 4.69) is 17.5 Å². The van der Waals surface area contributed by atoms with E-state index in [1.165, 1.54) is 24.5 Å². The van der Waals surface area contributed by atoms with Gasteiger partial charge in [0.15, 0.2) is 0 Å². The fourth-order valence-electron chi connectivity index (χ4n) is 1.11. The van der Waals surface area contributed by atoms with Gasteiger partial charge >= 0.3 is 0 Å². The molecular formula is C8H16N4. The van der Waals surface area contributed by atoms with Gasteiger partial charge < -0.3 is 0 Å². The van der Waals surface area contributed by atoms with E-state index in [0.717, 1.165) is 12.1 Å². The van der Waals surface area contributed by atoms with E-state index in [1.807, 2.05) is 6.08 Å². The molecule has 3 N–H and O–H groups in total. The molecule has 0 bridgehead atoms. The quantitative estimate of drug-likeness (QED) is 0.488. The molecule has 1 heterocycles. The molecule has 0 spiro atoms. The van der Waals surface area contributed by atoms with Crippen LogP contribution in [-0.2, 0) is 0 Å². The Morgan fingerprint density at radius 1 is 1.58 bits per heavy atom. The van der Waals surface area contributed by atoms with Crippen LogP contribution in [0.25, 0.3) is 0 Å². The summed E-state index contributed by atoms with van der Waals surface area (Å²) in [6, 6.07) is 0. The van der Waals surface area contributed by atoms with Gasteiger partial charge in [0.2, 0.25) is 0 Å². The third kappa shape index (κ3) is 2.92. The molecule has 0 unspecified atom stereocenters. The average Bonchev–Trinajstić information content (AvgIpc) is 2.05. The van der Waals surface area contributed by atoms with Crippen LogP contribution in [0.3, 0.4) is 0 Å². The Morgan fingerprint density at radius 3 is 3.08 bits per heavy atom. The van der Waals surface area contributed by atoms with Crippen molar-refractivity contribution in [1.29, 1.82) is 0 Å². The van der Waals surface area contributed by atoms with E-state index in [9.17, 15) is 0 Å². The molecule has 12 heavy (non-hydrogen) atoms. The molecule has 0 fully saturated rings. The highest BCUT2D eigenvalue weighted by Crippen LogP contribution is 2.07. The smallest absolute Gasteiger partial charge is 0.0524 e. The Kier molecular flexibility index (Phi) is 3.60. The molecule has 0 radical (unpaired) electrons. The molecular weight excluding hydrogens is 152 g/mol. The second-order valence-electron chi connectivity index (χ2n) is 2.87. The van der Waals surface area contributed by atoms with Crippen LogP contribution in [-0.4, -0.2) is 11.4 Å². The highest BCUT2D eigenvalue weighted by molar-refractivity contribution is 5.72. The fraction of sp³-hybridized carbons (Fsp3) is 0.625. The summed E-state index contributed by atoms with van der Waals surface area (Å²) in [4.78, 5) is 0. The Morgan fingerprint density at radius 2 is 2.42 bits per heavy atom. The molecule has 0 aromatic heterocycles. The first-order valence-corrected chi connectivity index (χ1v) is 4.37. The first-order chi connectivity index (χ1) is 5.83. The van der Waals surface area contributed by atoms with Gasteiger partial charge in [0, 0.05) is 5.70 Å². The van der Waals surface area contributed by atoms with Gasteiger partial charge in [0.05, 0.1) is 6.21 Å². The Hall–Kier alpha value is -1.03. The first kappa shape index (κ1) is 9.06. The minimum atomic E-state index is 1.05. The molecule has 68 valence electrons. The fourth-order valence-corrected chi connectivity index (χ4v) is 1.11. The van der Waals surface area contributed by atoms with Crippen LogP contribution in [0, 0.1) is 0 Å². The second-order valence-corrected chi connectivity index (χ2v) is 2.87. The van der Waals surface area contributed by atoms with E-state index in [0.29, 0.717) is 0 Å². The van der Waals surface area contributed by atoms with Gasteiger partial charge in [-0.2, -0.15) is 0 Å². The Labute approximate surface area is 73.1 Å². The predicted octanol–water partition coefficient (Wildman–Crippen LogP) is 1.13. The zero-order valence-corrected chi connectivity index (χ0v) is 7.45. The molecule has 0 saturated carbocycles. The lowest BCUT2D eigenvalue weighted by molar-refractivity contribution is 0.222. The van der Waals surface area contributed by atoms with E-state index in [-0.39, 0.29) is 0 Å². The maximum absolute atomic E-state index is 5.41. The summed E-state index contributed by atoms with van der Waals surface area (Å²) in [5.74, 6) is 5.41. The summed E-state index contributed by atoms with van der Waals surface area (Å²) >= 11 is 0. The summed E-state index contributed by atoms with van der Waals surface area (Å²) in [5, 5.41) is 5.04. The van der Waals surface area contributed by atoms with Crippen molar-refractivity contribution in [2.75, 3.05) is 0 Å². The van der Waals surface area contributed by atoms with Crippen molar-refractivity contribution in [3.8, 4) is 0 Å². The summed E-state index contributed by atoms with van der Waals surface area (Å²) in [5.41, 5.74) is 4.09. The third-order valence-corrected chi connectivity index (χ3v) is 1.77. The van der Waals surface area contributed by atoms with Gasteiger partial charge in [-0.1, -0.05) is 19.8 Å². The minimum Gasteiger partial charge on any atom is -0.272 e. The maximum atomic E-state index is 5.41. The number of hydrazone groups is 1. The normalized spacial score (nSPS) is 15.8. The summed E-state index contributed by atoms with van der Waals surface area (Å²) < 4.78 is 0. The van der Waals surface area contributed by atoms with Crippen LogP contribution in [0.15, 0.2) is 16.9 Å². The van der Waals surface area contributed by atoms with Crippen molar-refractivity contribution < 1.29 is 0 Å². The monoisotopic (exact) mass is 168 g/mol. The van der Waals surface area contributed by atoms with E-state index >= 15 is 0 Å². The highest BCUT2D eigenvalue weighted by atomic mass is 15.8. The lowest BCUT2D eigenvalue weighted by Crippen LogP contribution is -2.40. The third-order valence-electron chi connectivity index (χ3n) is 1.77. The molecule has 0 aromatic carbocycles. The van der Waals surface area contributed by atoms with Crippen LogP contribution >= 0.6 is 0 Å². The topological polar surface area (TPSA) is 53.6 Å². The summed E-state index contributed by atoms with van der Waals surface area (Å²) in [7, 11) is 0. The maximum Gasteiger partial charge on any atom is 0.0524 e. The number of hydrogen-bond acceptors (Lipinski definition) is 4. The Bertz CT molecular complexity index is 185. The van der Waals surface area contributed by atoms with Crippen molar-refractivity contribution in [2.24, 2.45) is 10.9 Å². The molecule has 0 saturated heterocycles. The molecule has 1 aliphatic rings. The summed E-state index contributed by atoms with van der Waals surface area (Å²) in [6.07, 6.45) is 8.43. The van der Waals surface area contributed by atoms with Crippen molar-refractivity contribution in [2.45, 2.75) is 32.6 Å². The predicted molar refractivity (Wildman–Crippen MR) is 49.9 cm³/mol. The largest absolute Gasteiger partial charge is 0.272 e. The van der Waals surface area contributed by atoms with Gasteiger partial charge in [-0.25, -0.2) is 5.84 Å². The number of nitrogens with two attached hydrogens (primary N) is 1. The number of allylic oxidation sites excluding steroid dienone is 2. The first-order valence-electron chi connectivity index (χ1n) is 4.37. The van der Waals surface area contributed by atoms with Crippen molar-refractivity contribution in [1.82, 2.24) is 10.7 Å². The van der Waals surface area contributed by atoms with Crippen molar-refractivity contribution in [3.05, 3.63) is 11.8 Å². The molecule has 0 atom stereocenters. The van der Waals surface area contributed by atoms with E-state index in [1.54, 1.807) is 6.21 Å². The number of rotatable bonds is 4. The Balaban J connectivity index is 2.23. The number of hydrogen-bond donors (Lipinski definition) is 2. The molecule has 1 rings (SSSR count). The highest BCUT2D eigenvalue weighted by Gasteiger charge is 2.01. The molecule has 0 amide bonds. The molecule has 0 aliphatic carbocycles. The van der Waals surface area contributed by atoms with Crippen LogP contribution < -0.4 is 11.3 Å². The number of nitrogens with zero attached hydrogens (tertiary/aromatic N) is 2. The molecule has 4 heteroatoms. The van der Waals surface area contributed by atoms with E-state index < -0.39 is 0 Å². The lowest BCUT2D eigenvalue weighted by atomic mass is 10.1. The van der Waals surface area contributed by atoms with Gasteiger partial charge in [-0.15, -0.1) is 10.3 Å². The van der Waals surface area contributed by atoms with Gasteiger partial charge in [0.25, 0.3) is 0 Å². The van der Waals surface area contributed by atoms with Crippen LogP contribution in [0.4, 0.5) is 0 Å². The zero-order valence-electron chi connectivity index (χ0n) is 7.45. The molecule has 0 aromatic rings. The number of unbranched alkanes of at least 4 members (excludes halogenated alkanes) is 2. The second kappa shape index (κ2) is 4.77. The minimum absolute atomic E-state index is 1.05. The van der Waals surface area contributed by atoms with Crippen LogP contribution in [0.5, 0.6) is 0 Å². The van der Waals surface area contributed by atoms with E-state index in [4.69, 9.17) is 5.84 Å². The standard InChI is InChI=1S/C8H16N4/c1-2-3-4-5-8-6-7-10-12(9)11-8/h6-7,11H,2-5,9H2,1H3. The van der Waals surface area contributed by atoms with Gasteiger partial charge in [0.1, 0.15) is 0 Å². The number of nitrogens with one attached hydrogen (secondary N) is 1. The van der Waals surface area contributed by atoms with Crippen molar-refractivity contribution >= 4 is 6.21 Å².